The number of esters is 2. The Hall–Kier alpha value is -1.06. The lowest BCUT2D eigenvalue weighted by Crippen LogP contribution is -2.32. The fourth-order valence-electron chi connectivity index (χ4n) is 5.13. The number of carbonyl (C=O) groups is 2. The average Bonchev–Trinajstić information content (AvgIpc) is 3.15. The molecule has 6 atom stereocenters. The highest BCUT2D eigenvalue weighted by molar-refractivity contribution is 5.81. The van der Waals surface area contributed by atoms with Crippen LogP contribution in [0.15, 0.2) is 0 Å². The summed E-state index contributed by atoms with van der Waals surface area (Å²) in [4.78, 5) is 23.3. The summed E-state index contributed by atoms with van der Waals surface area (Å²) in [7, 11) is 2.91. The summed E-state index contributed by atoms with van der Waals surface area (Å²) in [5, 5.41) is 0. The van der Waals surface area contributed by atoms with Gasteiger partial charge in [0.15, 0.2) is 0 Å². The van der Waals surface area contributed by atoms with Crippen molar-refractivity contribution in [3.63, 3.8) is 0 Å². The SMILES string of the molecule is COC(=O)C1[C@@H]2C3C4[C@@H]1[C@H]4C(C(=O)OC)[C@@H]32. The Morgan fingerprint density at radius 2 is 1.00 bits per heavy atom. The second kappa shape index (κ2) is 2.44. The molecule has 0 saturated heterocycles. The molecule has 0 spiro atoms. The van der Waals surface area contributed by atoms with Crippen LogP contribution in [0.1, 0.15) is 0 Å². The first-order valence-electron chi connectivity index (χ1n) is 5.88. The van der Waals surface area contributed by atoms with Crippen LogP contribution in [0.25, 0.3) is 0 Å². The molecule has 4 fully saturated rings. The summed E-state index contributed by atoms with van der Waals surface area (Å²) < 4.78 is 9.73. The maximum Gasteiger partial charge on any atom is 0.309 e. The van der Waals surface area contributed by atoms with E-state index in [9.17, 15) is 9.59 Å². The number of carbonyl (C=O) groups excluding carboxylic acids is 2. The van der Waals surface area contributed by atoms with Crippen molar-refractivity contribution < 1.29 is 19.1 Å². The Morgan fingerprint density at radius 3 is 1.25 bits per heavy atom. The molecule has 16 heavy (non-hydrogen) atoms. The van der Waals surface area contributed by atoms with Gasteiger partial charge in [-0.05, 0) is 35.5 Å². The Balaban J connectivity index is 1.62. The van der Waals surface area contributed by atoms with Crippen LogP contribution >= 0.6 is 0 Å². The summed E-state index contributed by atoms with van der Waals surface area (Å²) in [6.07, 6.45) is 0. The molecule has 0 N–H and O–H groups in total. The molecule has 0 radical (unpaired) electrons. The van der Waals surface area contributed by atoms with E-state index < -0.39 is 0 Å². The minimum absolute atomic E-state index is 0.0594. The van der Waals surface area contributed by atoms with Crippen LogP contribution in [0, 0.1) is 47.3 Å². The molecule has 4 aliphatic rings. The number of hydrogen-bond donors (Lipinski definition) is 0. The van der Waals surface area contributed by atoms with Gasteiger partial charge in [0.25, 0.3) is 0 Å². The molecule has 0 heterocycles. The normalized spacial score (nSPS) is 57.9. The predicted octanol–water partition coefficient (Wildman–Crippen LogP) is 0.316. The highest BCUT2D eigenvalue weighted by Crippen LogP contribution is 2.88. The first-order chi connectivity index (χ1) is 7.72. The van der Waals surface area contributed by atoms with E-state index in [-0.39, 0.29) is 23.8 Å². The van der Waals surface area contributed by atoms with E-state index in [1.165, 1.54) is 14.2 Å². The van der Waals surface area contributed by atoms with Crippen molar-refractivity contribution >= 4 is 11.9 Å². The van der Waals surface area contributed by atoms with Gasteiger partial charge in [0, 0.05) is 0 Å². The van der Waals surface area contributed by atoms with E-state index in [2.05, 4.69) is 0 Å². The van der Waals surface area contributed by atoms with Crippen LogP contribution in [0.3, 0.4) is 0 Å². The molecular formula is C12H14O4. The third-order valence-electron chi connectivity index (χ3n) is 5.43. The largest absolute Gasteiger partial charge is 0.469 e. The molecule has 0 aromatic rings. The highest BCUT2D eigenvalue weighted by Gasteiger charge is 2.89. The molecule has 0 amide bonds. The molecule has 4 heteroatoms. The van der Waals surface area contributed by atoms with Gasteiger partial charge in [0.05, 0.1) is 26.1 Å². The van der Waals surface area contributed by atoms with Crippen molar-refractivity contribution in [3.8, 4) is 0 Å². The zero-order chi connectivity index (χ0) is 11.2. The van der Waals surface area contributed by atoms with Crippen LogP contribution in [0.2, 0.25) is 0 Å². The Labute approximate surface area is 93.3 Å². The van der Waals surface area contributed by atoms with Gasteiger partial charge in [0.2, 0.25) is 0 Å². The summed E-state index contributed by atoms with van der Waals surface area (Å²) in [5.41, 5.74) is 0. The average molecular weight is 222 g/mol. The van der Waals surface area contributed by atoms with E-state index in [0.717, 1.165) is 0 Å². The third kappa shape index (κ3) is 0.711. The van der Waals surface area contributed by atoms with Crippen molar-refractivity contribution in [2.24, 2.45) is 47.3 Å². The van der Waals surface area contributed by atoms with E-state index in [4.69, 9.17) is 9.47 Å². The first kappa shape index (κ1) is 9.02. The minimum atomic E-state index is -0.0594. The zero-order valence-corrected chi connectivity index (χ0v) is 9.25. The lowest BCUT2D eigenvalue weighted by atomic mass is 9.82. The highest BCUT2D eigenvalue weighted by atomic mass is 16.5. The van der Waals surface area contributed by atoms with Gasteiger partial charge in [0.1, 0.15) is 0 Å². The maximum absolute atomic E-state index is 11.7. The minimum Gasteiger partial charge on any atom is -0.469 e. The summed E-state index contributed by atoms with van der Waals surface area (Å²) in [6, 6.07) is 0. The van der Waals surface area contributed by atoms with Crippen molar-refractivity contribution in [2.45, 2.75) is 0 Å². The number of hydrogen-bond acceptors (Lipinski definition) is 4. The molecule has 86 valence electrons. The van der Waals surface area contributed by atoms with Gasteiger partial charge in [-0.3, -0.25) is 9.59 Å². The van der Waals surface area contributed by atoms with Crippen molar-refractivity contribution in [1.82, 2.24) is 0 Å². The van der Waals surface area contributed by atoms with Crippen LogP contribution in [0.5, 0.6) is 0 Å². The Kier molecular flexibility index (Phi) is 1.37. The molecule has 4 nitrogen and oxygen atoms in total. The number of rotatable bonds is 2. The number of fused-ring (bicyclic) bond motifs is 2. The molecule has 4 aliphatic carbocycles. The van der Waals surface area contributed by atoms with E-state index >= 15 is 0 Å². The van der Waals surface area contributed by atoms with Crippen molar-refractivity contribution in [1.29, 1.82) is 0 Å². The van der Waals surface area contributed by atoms with Gasteiger partial charge in [-0.25, -0.2) is 0 Å². The van der Waals surface area contributed by atoms with E-state index in [1.54, 1.807) is 0 Å². The van der Waals surface area contributed by atoms with Crippen molar-refractivity contribution in [3.05, 3.63) is 0 Å². The van der Waals surface area contributed by atoms with E-state index in [1.807, 2.05) is 0 Å². The number of methoxy groups -OCH3 is 2. The van der Waals surface area contributed by atoms with Crippen molar-refractivity contribution in [2.75, 3.05) is 14.2 Å². The molecule has 0 aromatic heterocycles. The zero-order valence-electron chi connectivity index (χ0n) is 9.25. The molecular weight excluding hydrogens is 208 g/mol. The second-order valence-corrected chi connectivity index (χ2v) is 5.56. The van der Waals surface area contributed by atoms with Crippen LogP contribution in [-0.4, -0.2) is 26.2 Å². The van der Waals surface area contributed by atoms with Gasteiger partial charge >= 0.3 is 11.9 Å². The lowest BCUT2D eigenvalue weighted by molar-refractivity contribution is -0.153. The van der Waals surface area contributed by atoms with E-state index in [0.29, 0.717) is 35.5 Å². The van der Waals surface area contributed by atoms with Crippen LogP contribution in [-0.2, 0) is 19.1 Å². The molecule has 0 bridgehead atoms. The lowest BCUT2D eigenvalue weighted by Gasteiger charge is -2.23. The summed E-state index contributed by atoms with van der Waals surface area (Å²) in [5.74, 6) is 3.03. The van der Waals surface area contributed by atoms with Gasteiger partial charge < -0.3 is 9.47 Å². The first-order valence-corrected chi connectivity index (χ1v) is 5.88. The fourth-order valence-corrected chi connectivity index (χ4v) is 5.13. The fraction of sp³-hybridized carbons (Fsp3) is 0.833. The molecule has 0 aromatic carbocycles. The third-order valence-corrected chi connectivity index (χ3v) is 5.43. The second-order valence-electron chi connectivity index (χ2n) is 5.56. The van der Waals surface area contributed by atoms with Gasteiger partial charge in [-0.15, -0.1) is 0 Å². The number of ether oxygens (including phenoxy) is 2. The van der Waals surface area contributed by atoms with Gasteiger partial charge in [-0.1, -0.05) is 0 Å². The maximum atomic E-state index is 11.7. The predicted molar refractivity (Wildman–Crippen MR) is 52.0 cm³/mol. The Morgan fingerprint density at radius 1 is 0.688 bits per heavy atom. The van der Waals surface area contributed by atoms with Crippen LogP contribution < -0.4 is 0 Å². The Bertz CT molecular complexity index is 346. The monoisotopic (exact) mass is 222 g/mol. The molecule has 0 aliphatic heterocycles. The molecule has 4 saturated carbocycles. The molecule has 4 rings (SSSR count). The quantitative estimate of drug-likeness (QED) is 0.631. The summed E-state index contributed by atoms with van der Waals surface area (Å²) in [6.45, 7) is 0. The van der Waals surface area contributed by atoms with Gasteiger partial charge in [-0.2, -0.15) is 0 Å². The standard InChI is InChI=1S/C12H14O4/c1-15-11(13)9-5-3-4-6(9)8(4)10(7(3)5)12(14)16-2/h3-10H,1-2H3/t3?,4?,5-,6-,7+,8+,9?,10?. The topological polar surface area (TPSA) is 52.6 Å². The smallest absolute Gasteiger partial charge is 0.309 e. The summed E-state index contributed by atoms with van der Waals surface area (Å²) >= 11 is 0. The van der Waals surface area contributed by atoms with Crippen LogP contribution in [0.4, 0.5) is 0 Å². The molecule has 2 unspecified atom stereocenters.